The predicted octanol–water partition coefficient (Wildman–Crippen LogP) is 3.89. The van der Waals surface area contributed by atoms with E-state index in [1.807, 2.05) is 28.5 Å². The summed E-state index contributed by atoms with van der Waals surface area (Å²) in [5.41, 5.74) is 4.85. The van der Waals surface area contributed by atoms with Gasteiger partial charge in [0, 0.05) is 24.5 Å². The Balaban J connectivity index is 2.04. The van der Waals surface area contributed by atoms with Crippen LogP contribution in [0.25, 0.3) is 16.7 Å². The van der Waals surface area contributed by atoms with Crippen LogP contribution in [-0.2, 0) is 4.79 Å². The number of aromatic amines is 1. The molecule has 0 bridgehead atoms. The molecule has 0 spiro atoms. The van der Waals surface area contributed by atoms with E-state index in [0.29, 0.717) is 21.7 Å². The summed E-state index contributed by atoms with van der Waals surface area (Å²) in [6.07, 6.45) is 1.87. The van der Waals surface area contributed by atoms with Gasteiger partial charge in [0.2, 0.25) is 5.91 Å². The van der Waals surface area contributed by atoms with E-state index in [1.165, 1.54) is 17.3 Å². The standard InChI is InChI=1S/C22H30N6OS/c1-6-10-27(11-7-2)18(29)13-30-22-24-21-19(16(5)25-26-21)20(23)28(22)17-9-8-14(3)15(4)12-17/h8-9,12,23H,6-7,10-11,13H2,1-5H3,(H,25,26). The Labute approximate surface area is 181 Å². The summed E-state index contributed by atoms with van der Waals surface area (Å²) in [4.78, 5) is 19.4. The van der Waals surface area contributed by atoms with E-state index < -0.39 is 0 Å². The van der Waals surface area contributed by atoms with Gasteiger partial charge in [0.15, 0.2) is 10.8 Å². The Morgan fingerprint density at radius 3 is 2.50 bits per heavy atom. The molecule has 2 aromatic heterocycles. The van der Waals surface area contributed by atoms with Crippen molar-refractivity contribution in [3.05, 3.63) is 40.5 Å². The second kappa shape index (κ2) is 9.47. The first-order valence-electron chi connectivity index (χ1n) is 10.4. The van der Waals surface area contributed by atoms with Crippen LogP contribution in [-0.4, -0.2) is 49.4 Å². The van der Waals surface area contributed by atoms with Crippen LogP contribution in [0.3, 0.4) is 0 Å². The lowest BCUT2D eigenvalue weighted by Gasteiger charge is -2.21. The Morgan fingerprint density at radius 1 is 1.17 bits per heavy atom. The molecule has 2 N–H and O–H groups in total. The molecule has 0 fully saturated rings. The van der Waals surface area contributed by atoms with E-state index in [0.717, 1.165) is 42.9 Å². The SMILES string of the molecule is CCCN(CCC)C(=O)CSc1nc2n[nH]c(C)c2c(=N)n1-c1ccc(C)c(C)c1. The number of hydrogen-bond donors (Lipinski definition) is 2. The molecule has 3 aromatic rings. The van der Waals surface area contributed by atoms with Crippen LogP contribution in [0.5, 0.6) is 0 Å². The van der Waals surface area contributed by atoms with Crippen LogP contribution in [0.4, 0.5) is 0 Å². The second-order valence-corrected chi connectivity index (χ2v) is 8.51. The summed E-state index contributed by atoms with van der Waals surface area (Å²) in [6.45, 7) is 11.7. The van der Waals surface area contributed by atoms with E-state index >= 15 is 0 Å². The Hall–Kier alpha value is -2.61. The highest BCUT2D eigenvalue weighted by Gasteiger charge is 2.18. The smallest absolute Gasteiger partial charge is 0.233 e. The normalized spacial score (nSPS) is 11.2. The predicted molar refractivity (Wildman–Crippen MR) is 121 cm³/mol. The number of aryl methyl sites for hydroxylation is 3. The maximum absolute atomic E-state index is 12.8. The van der Waals surface area contributed by atoms with E-state index in [2.05, 4.69) is 44.0 Å². The van der Waals surface area contributed by atoms with E-state index in [9.17, 15) is 4.79 Å². The fraction of sp³-hybridized carbons (Fsp3) is 0.455. The highest BCUT2D eigenvalue weighted by molar-refractivity contribution is 7.99. The van der Waals surface area contributed by atoms with E-state index in [-0.39, 0.29) is 11.7 Å². The lowest BCUT2D eigenvalue weighted by atomic mass is 10.1. The van der Waals surface area contributed by atoms with Crippen LogP contribution in [0.2, 0.25) is 0 Å². The molecule has 3 rings (SSSR count). The van der Waals surface area contributed by atoms with Crippen LogP contribution >= 0.6 is 11.8 Å². The third kappa shape index (κ3) is 4.43. The lowest BCUT2D eigenvalue weighted by Crippen LogP contribution is -2.34. The summed E-state index contributed by atoms with van der Waals surface area (Å²) in [6, 6.07) is 6.10. The highest BCUT2D eigenvalue weighted by Crippen LogP contribution is 2.23. The van der Waals surface area contributed by atoms with Crippen LogP contribution in [0, 0.1) is 26.2 Å². The zero-order valence-electron chi connectivity index (χ0n) is 18.4. The molecule has 1 amide bonds. The van der Waals surface area contributed by atoms with Gasteiger partial charge in [-0.15, -0.1) is 0 Å². The Morgan fingerprint density at radius 2 is 1.87 bits per heavy atom. The van der Waals surface area contributed by atoms with Gasteiger partial charge in [-0.25, -0.2) is 4.98 Å². The van der Waals surface area contributed by atoms with Crippen LogP contribution in [0.1, 0.15) is 43.5 Å². The maximum Gasteiger partial charge on any atom is 0.233 e. The molecule has 0 saturated heterocycles. The minimum Gasteiger partial charge on any atom is -0.342 e. The number of hydrogen-bond acceptors (Lipinski definition) is 5. The van der Waals surface area contributed by atoms with Gasteiger partial charge in [-0.05, 0) is 56.9 Å². The summed E-state index contributed by atoms with van der Waals surface area (Å²) in [5.74, 6) is 0.383. The quantitative estimate of drug-likeness (QED) is 0.422. The number of nitrogens with zero attached hydrogens (tertiary/aromatic N) is 4. The molecule has 7 nitrogen and oxygen atoms in total. The maximum atomic E-state index is 12.8. The molecule has 8 heteroatoms. The van der Waals surface area contributed by atoms with Crippen molar-refractivity contribution in [2.75, 3.05) is 18.8 Å². The highest BCUT2D eigenvalue weighted by atomic mass is 32.2. The molecule has 0 aliphatic carbocycles. The number of carbonyl (C=O) groups excluding carboxylic acids is 1. The van der Waals surface area contributed by atoms with Gasteiger partial charge in [0.05, 0.1) is 11.1 Å². The van der Waals surface area contributed by atoms with Gasteiger partial charge >= 0.3 is 0 Å². The fourth-order valence-electron chi connectivity index (χ4n) is 3.45. The van der Waals surface area contributed by atoms with E-state index in [1.54, 1.807) is 0 Å². The molecule has 1 aromatic carbocycles. The molecule has 0 radical (unpaired) electrons. The molecule has 0 aliphatic rings. The van der Waals surface area contributed by atoms with Gasteiger partial charge < -0.3 is 4.90 Å². The summed E-state index contributed by atoms with van der Waals surface area (Å²) in [5, 5.41) is 17.3. The van der Waals surface area contributed by atoms with Crippen LogP contribution in [0.15, 0.2) is 23.4 Å². The minimum atomic E-state index is 0.0990. The number of benzene rings is 1. The number of fused-ring (bicyclic) bond motifs is 1. The third-order valence-electron chi connectivity index (χ3n) is 5.19. The van der Waals surface area contributed by atoms with Crippen molar-refractivity contribution >= 4 is 28.7 Å². The van der Waals surface area contributed by atoms with Crippen molar-refractivity contribution in [3.63, 3.8) is 0 Å². The summed E-state index contributed by atoms with van der Waals surface area (Å²) < 4.78 is 1.82. The fourth-order valence-corrected chi connectivity index (χ4v) is 4.36. The number of amides is 1. The van der Waals surface area contributed by atoms with Gasteiger partial charge in [-0.2, -0.15) is 5.10 Å². The number of rotatable bonds is 8. The number of aromatic nitrogens is 4. The largest absolute Gasteiger partial charge is 0.342 e. The van der Waals surface area contributed by atoms with Crippen molar-refractivity contribution in [3.8, 4) is 5.69 Å². The first-order valence-corrected chi connectivity index (χ1v) is 11.4. The van der Waals surface area contributed by atoms with Gasteiger partial charge in [-0.3, -0.25) is 19.9 Å². The molecule has 0 saturated carbocycles. The third-order valence-corrected chi connectivity index (χ3v) is 6.12. The summed E-state index contributed by atoms with van der Waals surface area (Å²) >= 11 is 1.37. The zero-order chi connectivity index (χ0) is 21.8. The first kappa shape index (κ1) is 22.1. The van der Waals surface area contributed by atoms with Gasteiger partial charge in [0.25, 0.3) is 0 Å². The minimum absolute atomic E-state index is 0.0990. The van der Waals surface area contributed by atoms with Gasteiger partial charge in [0.1, 0.15) is 5.49 Å². The van der Waals surface area contributed by atoms with E-state index in [4.69, 9.17) is 10.4 Å². The first-order chi connectivity index (χ1) is 14.4. The molecule has 160 valence electrons. The number of H-pyrrole nitrogens is 1. The lowest BCUT2D eigenvalue weighted by molar-refractivity contribution is -0.128. The molecule has 30 heavy (non-hydrogen) atoms. The molecule has 0 aliphatic heterocycles. The van der Waals surface area contributed by atoms with Crippen molar-refractivity contribution in [1.29, 1.82) is 5.41 Å². The zero-order valence-corrected chi connectivity index (χ0v) is 19.2. The molecule has 0 unspecified atom stereocenters. The topological polar surface area (TPSA) is 90.7 Å². The van der Waals surface area contributed by atoms with Crippen molar-refractivity contribution in [2.45, 2.75) is 52.6 Å². The Kier molecular flexibility index (Phi) is 6.97. The van der Waals surface area contributed by atoms with Gasteiger partial charge in [-0.1, -0.05) is 31.7 Å². The van der Waals surface area contributed by atoms with Crippen molar-refractivity contribution < 1.29 is 4.79 Å². The average Bonchev–Trinajstić information content (AvgIpc) is 3.09. The van der Waals surface area contributed by atoms with Crippen LogP contribution < -0.4 is 5.49 Å². The molecular formula is C22H30N6OS. The Bertz CT molecular complexity index is 1110. The second-order valence-electron chi connectivity index (χ2n) is 7.56. The number of thioether (sulfide) groups is 1. The summed E-state index contributed by atoms with van der Waals surface area (Å²) in [7, 11) is 0. The van der Waals surface area contributed by atoms with Crippen molar-refractivity contribution in [2.24, 2.45) is 0 Å². The van der Waals surface area contributed by atoms with Crippen molar-refractivity contribution in [1.82, 2.24) is 24.6 Å². The molecular weight excluding hydrogens is 396 g/mol. The average molecular weight is 427 g/mol. The molecule has 0 atom stereocenters. The number of carbonyl (C=O) groups is 1. The monoisotopic (exact) mass is 426 g/mol. The number of nitrogens with one attached hydrogen (secondary N) is 2. The molecule has 2 heterocycles.